The molecule has 0 saturated heterocycles. The third kappa shape index (κ3) is 1.56. The molecule has 0 radical (unpaired) electrons. The Morgan fingerprint density at radius 3 is 3.08 bits per heavy atom. The molecule has 12 heavy (non-hydrogen) atoms. The molecule has 1 aromatic heterocycles. The van der Waals surface area contributed by atoms with Gasteiger partial charge in [0, 0.05) is 12.8 Å². The van der Waals surface area contributed by atoms with Gasteiger partial charge in [0.25, 0.3) is 5.82 Å². The summed E-state index contributed by atoms with van der Waals surface area (Å²) in [6.45, 7) is 3.44. The lowest BCUT2D eigenvalue weighted by atomic mass is 10.1. The van der Waals surface area contributed by atoms with Gasteiger partial charge in [-0.3, -0.25) is 0 Å². The van der Waals surface area contributed by atoms with E-state index in [0.717, 1.165) is 6.42 Å². The topological polar surface area (TPSA) is 19.7 Å². The summed E-state index contributed by atoms with van der Waals surface area (Å²) in [7, 11) is 0. The summed E-state index contributed by atoms with van der Waals surface area (Å²) in [5, 5.41) is 0. The number of imidazole rings is 1. The minimum Gasteiger partial charge on any atom is -1.00 e. The lowest BCUT2D eigenvalue weighted by Gasteiger charge is -2.08. The number of hydrogen-bond acceptors (Lipinski definition) is 0. The molecular formula is C9H15BrN2. The highest BCUT2D eigenvalue weighted by Gasteiger charge is 2.19. The molecule has 0 fully saturated rings. The number of aromatic amines is 1. The van der Waals surface area contributed by atoms with Gasteiger partial charge in [-0.2, -0.15) is 0 Å². The smallest absolute Gasteiger partial charge is 0.254 e. The van der Waals surface area contributed by atoms with E-state index >= 15 is 0 Å². The Morgan fingerprint density at radius 2 is 2.33 bits per heavy atom. The van der Waals surface area contributed by atoms with Crippen LogP contribution in [-0.4, -0.2) is 4.98 Å². The molecular weight excluding hydrogens is 216 g/mol. The second-order valence-electron chi connectivity index (χ2n) is 3.19. The maximum absolute atomic E-state index is 3.34. The molecule has 3 heteroatoms. The van der Waals surface area contributed by atoms with Gasteiger partial charge < -0.3 is 17.0 Å². The van der Waals surface area contributed by atoms with Gasteiger partial charge in [0.05, 0.1) is 6.54 Å². The Balaban J connectivity index is 0.000000720. The van der Waals surface area contributed by atoms with Crippen molar-refractivity contribution in [1.29, 1.82) is 0 Å². The van der Waals surface area contributed by atoms with E-state index in [1.54, 1.807) is 0 Å². The number of aryl methyl sites for hydroxylation is 2. The SMILES string of the molecule is CCc1c[nH]c2[n+]1CCCC2.[Br-]. The third-order valence-electron chi connectivity index (χ3n) is 2.49. The van der Waals surface area contributed by atoms with Gasteiger partial charge in [-0.1, -0.05) is 6.92 Å². The van der Waals surface area contributed by atoms with Gasteiger partial charge in [0.1, 0.15) is 11.9 Å². The van der Waals surface area contributed by atoms with E-state index in [1.165, 1.54) is 37.3 Å². The predicted molar refractivity (Wildman–Crippen MR) is 43.3 cm³/mol. The summed E-state index contributed by atoms with van der Waals surface area (Å²) in [6.07, 6.45) is 7.24. The zero-order valence-electron chi connectivity index (χ0n) is 7.44. The highest BCUT2D eigenvalue weighted by atomic mass is 79.9. The second-order valence-corrected chi connectivity index (χ2v) is 3.19. The van der Waals surface area contributed by atoms with Crippen molar-refractivity contribution in [2.75, 3.05) is 0 Å². The molecule has 0 aliphatic carbocycles. The van der Waals surface area contributed by atoms with Gasteiger partial charge in [0.15, 0.2) is 0 Å². The van der Waals surface area contributed by atoms with Crippen LogP contribution in [0.4, 0.5) is 0 Å². The molecule has 0 unspecified atom stereocenters. The van der Waals surface area contributed by atoms with Gasteiger partial charge in [-0.25, -0.2) is 9.55 Å². The Hall–Kier alpha value is -0.310. The maximum atomic E-state index is 3.34. The van der Waals surface area contributed by atoms with Gasteiger partial charge in [-0.15, -0.1) is 0 Å². The summed E-state index contributed by atoms with van der Waals surface area (Å²) in [5.74, 6) is 1.42. The first-order valence-electron chi connectivity index (χ1n) is 4.51. The van der Waals surface area contributed by atoms with Crippen molar-refractivity contribution in [3.63, 3.8) is 0 Å². The summed E-state index contributed by atoms with van der Waals surface area (Å²) in [4.78, 5) is 3.34. The lowest BCUT2D eigenvalue weighted by Crippen LogP contribution is -3.00. The van der Waals surface area contributed by atoms with Crippen LogP contribution >= 0.6 is 0 Å². The molecule has 1 aromatic rings. The van der Waals surface area contributed by atoms with Crippen LogP contribution in [-0.2, 0) is 19.4 Å². The van der Waals surface area contributed by atoms with Crippen molar-refractivity contribution in [3.8, 4) is 0 Å². The van der Waals surface area contributed by atoms with Gasteiger partial charge >= 0.3 is 0 Å². The van der Waals surface area contributed by atoms with Crippen LogP contribution in [0, 0.1) is 0 Å². The number of aromatic nitrogens is 2. The molecule has 1 aliphatic rings. The van der Waals surface area contributed by atoms with Crippen LogP contribution in [0.2, 0.25) is 0 Å². The van der Waals surface area contributed by atoms with Crippen LogP contribution in [0.1, 0.15) is 31.3 Å². The molecule has 68 valence electrons. The van der Waals surface area contributed by atoms with Crippen molar-refractivity contribution in [2.45, 2.75) is 39.2 Å². The highest BCUT2D eigenvalue weighted by molar-refractivity contribution is 4.92. The molecule has 0 aromatic carbocycles. The molecule has 0 spiro atoms. The minimum atomic E-state index is 0. The lowest BCUT2D eigenvalue weighted by molar-refractivity contribution is -0.714. The number of fused-ring (bicyclic) bond motifs is 1. The molecule has 2 heterocycles. The molecule has 2 nitrogen and oxygen atoms in total. The molecule has 0 saturated carbocycles. The normalized spacial score (nSPS) is 15.1. The van der Waals surface area contributed by atoms with Gasteiger partial charge in [-0.05, 0) is 12.8 Å². The van der Waals surface area contributed by atoms with Gasteiger partial charge in [0.2, 0.25) is 0 Å². The van der Waals surface area contributed by atoms with Crippen LogP contribution in [0.3, 0.4) is 0 Å². The minimum absolute atomic E-state index is 0. The van der Waals surface area contributed by atoms with E-state index in [0.29, 0.717) is 0 Å². The van der Waals surface area contributed by atoms with Crippen LogP contribution in [0.5, 0.6) is 0 Å². The first kappa shape index (κ1) is 9.78. The maximum Gasteiger partial charge on any atom is 0.254 e. The Morgan fingerprint density at radius 1 is 1.50 bits per heavy atom. The van der Waals surface area contributed by atoms with Crippen molar-refractivity contribution < 1.29 is 21.5 Å². The summed E-state index contributed by atoms with van der Waals surface area (Å²) in [6, 6.07) is 0. The van der Waals surface area contributed by atoms with E-state index in [9.17, 15) is 0 Å². The van der Waals surface area contributed by atoms with E-state index in [2.05, 4.69) is 22.7 Å². The largest absolute Gasteiger partial charge is 1.00 e. The van der Waals surface area contributed by atoms with E-state index < -0.39 is 0 Å². The van der Waals surface area contributed by atoms with Crippen molar-refractivity contribution in [2.24, 2.45) is 0 Å². The zero-order chi connectivity index (χ0) is 7.68. The molecule has 1 N–H and O–H groups in total. The number of rotatable bonds is 1. The molecule has 0 bridgehead atoms. The summed E-state index contributed by atoms with van der Waals surface area (Å²) >= 11 is 0. The average molecular weight is 231 g/mol. The fourth-order valence-corrected chi connectivity index (χ4v) is 1.84. The molecule has 2 rings (SSSR count). The standard InChI is InChI=1S/C9H14N2.BrH/c1-2-8-7-10-9-5-3-4-6-11(8)9;/h7H,2-6H2,1H3;1H. The second kappa shape index (κ2) is 4.08. The van der Waals surface area contributed by atoms with Crippen molar-refractivity contribution >= 4 is 0 Å². The zero-order valence-corrected chi connectivity index (χ0v) is 9.02. The van der Waals surface area contributed by atoms with Crippen LogP contribution < -0.4 is 21.5 Å². The summed E-state index contributed by atoms with van der Waals surface area (Å²) in [5.41, 5.74) is 1.46. The number of nitrogens with one attached hydrogen (secondary N) is 1. The van der Waals surface area contributed by atoms with Crippen molar-refractivity contribution in [1.82, 2.24) is 4.98 Å². The van der Waals surface area contributed by atoms with E-state index in [-0.39, 0.29) is 17.0 Å². The number of hydrogen-bond donors (Lipinski definition) is 1. The monoisotopic (exact) mass is 230 g/mol. The summed E-state index contributed by atoms with van der Waals surface area (Å²) < 4.78 is 2.43. The quantitative estimate of drug-likeness (QED) is 0.550. The molecule has 1 aliphatic heterocycles. The fraction of sp³-hybridized carbons (Fsp3) is 0.667. The third-order valence-corrected chi connectivity index (χ3v) is 2.49. The van der Waals surface area contributed by atoms with Crippen LogP contribution in [0.25, 0.3) is 0 Å². The first-order valence-corrected chi connectivity index (χ1v) is 4.51. The van der Waals surface area contributed by atoms with Crippen LogP contribution in [0.15, 0.2) is 6.20 Å². The highest BCUT2D eigenvalue weighted by Crippen LogP contribution is 2.07. The first-order chi connectivity index (χ1) is 5.42. The Bertz CT molecular complexity index is 242. The fourth-order valence-electron chi connectivity index (χ4n) is 1.84. The van der Waals surface area contributed by atoms with E-state index in [1.807, 2.05) is 0 Å². The number of H-pyrrole nitrogens is 1. The number of halogens is 1. The Labute approximate surface area is 83.8 Å². The van der Waals surface area contributed by atoms with Crippen molar-refractivity contribution in [3.05, 3.63) is 17.7 Å². The average Bonchev–Trinajstić information content (AvgIpc) is 2.47. The number of nitrogens with zero attached hydrogens (tertiary/aromatic N) is 1. The van der Waals surface area contributed by atoms with E-state index in [4.69, 9.17) is 0 Å². The predicted octanol–water partition coefficient (Wildman–Crippen LogP) is -1.80. The Kier molecular flexibility index (Phi) is 3.32. The molecule has 0 atom stereocenters. The molecule has 0 amide bonds.